The van der Waals surface area contributed by atoms with Crippen LogP contribution in [0, 0.1) is 0 Å². The molecule has 1 aromatic heterocycles. The molecule has 0 radical (unpaired) electrons. The average molecular weight is 210 g/mol. The van der Waals surface area contributed by atoms with Crippen molar-refractivity contribution in [3.05, 3.63) is 16.1 Å². The zero-order valence-corrected chi connectivity index (χ0v) is 9.09. The lowest BCUT2D eigenvalue weighted by atomic mass is 10.0. The molecule has 1 aliphatic rings. The van der Waals surface area contributed by atoms with E-state index in [1.807, 2.05) is 5.38 Å². The summed E-state index contributed by atoms with van der Waals surface area (Å²) in [5, 5.41) is 2.93. The first-order valence-electron chi connectivity index (χ1n) is 4.92. The Morgan fingerprint density at radius 3 is 3.14 bits per heavy atom. The highest BCUT2D eigenvalue weighted by atomic mass is 32.1. The van der Waals surface area contributed by atoms with Gasteiger partial charge >= 0.3 is 0 Å². The van der Waals surface area contributed by atoms with E-state index in [1.54, 1.807) is 11.3 Å². The number of carbonyl (C=O) groups excluding carboxylic acids is 1. The molecule has 1 atom stereocenters. The molecule has 1 saturated heterocycles. The first-order valence-corrected chi connectivity index (χ1v) is 5.80. The molecule has 0 spiro atoms. The highest BCUT2D eigenvalue weighted by molar-refractivity contribution is 7.09. The minimum atomic E-state index is 0.433. The molecule has 0 N–H and O–H groups in total. The van der Waals surface area contributed by atoms with Crippen LogP contribution in [0.5, 0.6) is 0 Å². The molecular formula is C10H14N2OS. The van der Waals surface area contributed by atoms with E-state index >= 15 is 0 Å². The van der Waals surface area contributed by atoms with Gasteiger partial charge in [0.2, 0.25) is 0 Å². The van der Waals surface area contributed by atoms with E-state index in [-0.39, 0.29) is 0 Å². The molecule has 2 rings (SSSR count). The predicted octanol–water partition coefficient (Wildman–Crippen LogP) is 2.11. The van der Waals surface area contributed by atoms with Crippen molar-refractivity contribution in [3.63, 3.8) is 0 Å². The second kappa shape index (κ2) is 4.19. The monoisotopic (exact) mass is 210 g/mol. The number of thiazole rings is 1. The molecule has 1 fully saturated rings. The van der Waals surface area contributed by atoms with Crippen molar-refractivity contribution in [1.82, 2.24) is 9.88 Å². The summed E-state index contributed by atoms with van der Waals surface area (Å²) in [4.78, 5) is 17.2. The molecule has 1 aromatic rings. The molecule has 0 saturated carbocycles. The van der Waals surface area contributed by atoms with Crippen molar-refractivity contribution in [2.75, 3.05) is 13.6 Å². The Morgan fingerprint density at radius 1 is 1.64 bits per heavy atom. The number of carbonyl (C=O) groups is 1. The summed E-state index contributed by atoms with van der Waals surface area (Å²) in [7, 11) is 2.13. The first-order chi connectivity index (χ1) is 6.81. The highest BCUT2D eigenvalue weighted by Gasteiger charge is 2.23. The molecular weight excluding hydrogens is 196 g/mol. The van der Waals surface area contributed by atoms with Crippen molar-refractivity contribution in [2.45, 2.75) is 25.3 Å². The summed E-state index contributed by atoms with van der Waals surface area (Å²) >= 11 is 1.60. The third-order valence-electron chi connectivity index (χ3n) is 2.72. The van der Waals surface area contributed by atoms with Crippen molar-refractivity contribution < 1.29 is 4.79 Å². The van der Waals surface area contributed by atoms with Crippen molar-refractivity contribution in [3.8, 4) is 0 Å². The maximum Gasteiger partial charge on any atom is 0.169 e. The van der Waals surface area contributed by atoms with Crippen LogP contribution in [-0.2, 0) is 0 Å². The Balaban J connectivity index is 2.16. The van der Waals surface area contributed by atoms with Gasteiger partial charge in [-0.25, -0.2) is 4.98 Å². The lowest BCUT2D eigenvalue weighted by molar-refractivity contribution is 0.111. The standard InChI is InChI=1S/C10H14N2OS/c1-12-5-3-2-4-9(12)10-11-8(6-13)7-14-10/h6-7,9H,2-5H2,1H3. The van der Waals surface area contributed by atoms with Crippen LogP contribution in [-0.4, -0.2) is 29.8 Å². The summed E-state index contributed by atoms with van der Waals surface area (Å²) in [6, 6.07) is 0.433. The minimum Gasteiger partial charge on any atom is -0.297 e. The van der Waals surface area contributed by atoms with Crippen LogP contribution in [0.3, 0.4) is 0 Å². The summed E-state index contributed by atoms with van der Waals surface area (Å²) in [5.41, 5.74) is 0.573. The number of aromatic nitrogens is 1. The fraction of sp³-hybridized carbons (Fsp3) is 0.600. The quantitative estimate of drug-likeness (QED) is 0.701. The Bertz CT molecular complexity index is 324. The second-order valence-electron chi connectivity index (χ2n) is 3.72. The smallest absolute Gasteiger partial charge is 0.169 e. The van der Waals surface area contributed by atoms with Gasteiger partial charge in [-0.1, -0.05) is 6.42 Å². The van der Waals surface area contributed by atoms with Gasteiger partial charge in [-0.05, 0) is 26.4 Å². The van der Waals surface area contributed by atoms with Crippen LogP contribution >= 0.6 is 11.3 Å². The Kier molecular flexibility index (Phi) is 2.93. The van der Waals surface area contributed by atoms with Crippen LogP contribution in [0.15, 0.2) is 5.38 Å². The van der Waals surface area contributed by atoms with Crippen LogP contribution in [0.2, 0.25) is 0 Å². The van der Waals surface area contributed by atoms with Gasteiger partial charge < -0.3 is 0 Å². The lowest BCUT2D eigenvalue weighted by Crippen LogP contribution is -2.29. The summed E-state index contributed by atoms with van der Waals surface area (Å²) in [6.45, 7) is 1.14. The summed E-state index contributed by atoms with van der Waals surface area (Å²) in [6.07, 6.45) is 4.54. The number of likely N-dealkylation sites (tertiary alicyclic amines) is 1. The molecule has 3 nitrogen and oxygen atoms in total. The van der Waals surface area contributed by atoms with Gasteiger partial charge in [-0.15, -0.1) is 11.3 Å². The van der Waals surface area contributed by atoms with E-state index < -0.39 is 0 Å². The van der Waals surface area contributed by atoms with Crippen LogP contribution in [0.25, 0.3) is 0 Å². The van der Waals surface area contributed by atoms with Gasteiger partial charge in [-0.3, -0.25) is 9.69 Å². The van der Waals surface area contributed by atoms with Crippen LogP contribution in [0.1, 0.15) is 40.8 Å². The molecule has 0 bridgehead atoms. The Hall–Kier alpha value is -0.740. The molecule has 0 amide bonds. The molecule has 0 aliphatic carbocycles. The largest absolute Gasteiger partial charge is 0.297 e. The zero-order chi connectivity index (χ0) is 9.97. The molecule has 4 heteroatoms. The zero-order valence-electron chi connectivity index (χ0n) is 8.27. The van der Waals surface area contributed by atoms with E-state index in [0.717, 1.165) is 17.8 Å². The maximum absolute atomic E-state index is 10.5. The molecule has 76 valence electrons. The van der Waals surface area contributed by atoms with Crippen molar-refractivity contribution in [2.24, 2.45) is 0 Å². The first kappa shape index (κ1) is 9.80. The van der Waals surface area contributed by atoms with Crippen LogP contribution in [0.4, 0.5) is 0 Å². The van der Waals surface area contributed by atoms with Gasteiger partial charge in [0.05, 0.1) is 6.04 Å². The molecule has 2 heterocycles. The highest BCUT2D eigenvalue weighted by Crippen LogP contribution is 2.30. The van der Waals surface area contributed by atoms with E-state index in [4.69, 9.17) is 0 Å². The maximum atomic E-state index is 10.5. The van der Waals surface area contributed by atoms with Gasteiger partial charge in [0.15, 0.2) is 6.29 Å². The number of aldehydes is 1. The fourth-order valence-corrected chi connectivity index (χ4v) is 2.86. The van der Waals surface area contributed by atoms with Gasteiger partial charge in [-0.2, -0.15) is 0 Å². The molecule has 1 unspecified atom stereocenters. The number of rotatable bonds is 2. The Morgan fingerprint density at radius 2 is 2.50 bits per heavy atom. The minimum absolute atomic E-state index is 0.433. The number of piperidine rings is 1. The molecule has 1 aliphatic heterocycles. The van der Waals surface area contributed by atoms with E-state index in [9.17, 15) is 4.79 Å². The molecule has 14 heavy (non-hydrogen) atoms. The predicted molar refractivity (Wildman–Crippen MR) is 56.7 cm³/mol. The average Bonchev–Trinajstić information content (AvgIpc) is 2.67. The molecule has 0 aromatic carbocycles. The number of hydrogen-bond acceptors (Lipinski definition) is 4. The second-order valence-corrected chi connectivity index (χ2v) is 4.61. The van der Waals surface area contributed by atoms with E-state index in [0.29, 0.717) is 11.7 Å². The van der Waals surface area contributed by atoms with Crippen molar-refractivity contribution >= 4 is 17.6 Å². The number of hydrogen-bond donors (Lipinski definition) is 0. The lowest BCUT2D eigenvalue weighted by Gasteiger charge is -2.30. The fourth-order valence-electron chi connectivity index (χ4n) is 1.89. The van der Waals surface area contributed by atoms with Crippen molar-refractivity contribution in [1.29, 1.82) is 0 Å². The number of nitrogens with zero attached hydrogens (tertiary/aromatic N) is 2. The summed E-state index contributed by atoms with van der Waals surface area (Å²) in [5.74, 6) is 0. The normalized spacial score (nSPS) is 23.6. The van der Waals surface area contributed by atoms with Gasteiger partial charge in [0.25, 0.3) is 0 Å². The van der Waals surface area contributed by atoms with Gasteiger partial charge in [0, 0.05) is 5.38 Å². The van der Waals surface area contributed by atoms with E-state index in [1.165, 1.54) is 19.3 Å². The van der Waals surface area contributed by atoms with E-state index in [2.05, 4.69) is 16.9 Å². The van der Waals surface area contributed by atoms with Gasteiger partial charge in [0.1, 0.15) is 10.7 Å². The third kappa shape index (κ3) is 1.86. The Labute approximate surface area is 87.8 Å². The van der Waals surface area contributed by atoms with Crippen LogP contribution < -0.4 is 0 Å². The SMILES string of the molecule is CN1CCCCC1c1nc(C=O)cs1. The third-order valence-corrected chi connectivity index (χ3v) is 3.68. The summed E-state index contributed by atoms with van der Waals surface area (Å²) < 4.78 is 0. The topological polar surface area (TPSA) is 33.2 Å².